The lowest BCUT2D eigenvalue weighted by Gasteiger charge is -2.17. The van der Waals surface area contributed by atoms with Crippen molar-refractivity contribution >= 4 is 11.6 Å². The van der Waals surface area contributed by atoms with E-state index < -0.39 is 0 Å². The van der Waals surface area contributed by atoms with E-state index in [1.807, 2.05) is 49.5 Å². The number of nitrogens with two attached hydrogens (primary N) is 1. The Balaban J connectivity index is 1.84. The Morgan fingerprint density at radius 3 is 2.60 bits per heavy atom. The number of amides is 1. The largest absolute Gasteiger partial charge is 0.399 e. The van der Waals surface area contributed by atoms with Gasteiger partial charge >= 0.3 is 0 Å². The predicted molar refractivity (Wildman–Crippen MR) is 80.1 cm³/mol. The molecule has 2 N–H and O–H groups in total. The molecule has 0 atom stereocenters. The van der Waals surface area contributed by atoms with Gasteiger partial charge in [0.15, 0.2) is 0 Å². The Morgan fingerprint density at radius 1 is 1.20 bits per heavy atom. The lowest BCUT2D eigenvalue weighted by molar-refractivity contribution is -0.129. The molecule has 0 bridgehead atoms. The van der Waals surface area contributed by atoms with Crippen molar-refractivity contribution in [2.75, 3.05) is 19.3 Å². The Kier molecular flexibility index (Phi) is 4.71. The number of hydrogen-bond acceptors (Lipinski definition) is 3. The molecule has 4 nitrogen and oxygen atoms in total. The topological polar surface area (TPSA) is 59.2 Å². The van der Waals surface area contributed by atoms with E-state index in [1.165, 1.54) is 0 Å². The monoisotopic (exact) mass is 269 g/mol. The first-order valence-electron chi connectivity index (χ1n) is 6.63. The van der Waals surface area contributed by atoms with Gasteiger partial charge in [-0.3, -0.25) is 9.78 Å². The van der Waals surface area contributed by atoms with Crippen LogP contribution in [0.15, 0.2) is 48.7 Å². The zero-order valence-electron chi connectivity index (χ0n) is 11.6. The van der Waals surface area contributed by atoms with Crippen molar-refractivity contribution in [1.82, 2.24) is 9.88 Å². The molecular weight excluding hydrogens is 250 g/mol. The first kappa shape index (κ1) is 14.1. The summed E-state index contributed by atoms with van der Waals surface area (Å²) in [6.07, 6.45) is 2.94. The molecule has 1 heterocycles. The summed E-state index contributed by atoms with van der Waals surface area (Å²) in [4.78, 5) is 18.1. The maximum absolute atomic E-state index is 12.1. The van der Waals surface area contributed by atoms with Crippen LogP contribution in [0.5, 0.6) is 0 Å². The number of pyridine rings is 1. The smallest absolute Gasteiger partial charge is 0.226 e. The third-order valence-electron chi connectivity index (χ3n) is 3.19. The van der Waals surface area contributed by atoms with Crippen LogP contribution in [-0.4, -0.2) is 29.4 Å². The van der Waals surface area contributed by atoms with Gasteiger partial charge in [0.25, 0.3) is 0 Å². The van der Waals surface area contributed by atoms with E-state index in [-0.39, 0.29) is 5.91 Å². The summed E-state index contributed by atoms with van der Waals surface area (Å²) in [7, 11) is 1.82. The molecule has 0 spiro atoms. The van der Waals surface area contributed by atoms with Crippen LogP contribution in [0.25, 0.3) is 0 Å². The summed E-state index contributed by atoms with van der Waals surface area (Å²) in [5.74, 6) is 0.103. The van der Waals surface area contributed by atoms with Crippen molar-refractivity contribution in [3.8, 4) is 0 Å². The van der Waals surface area contributed by atoms with Gasteiger partial charge in [0.1, 0.15) is 0 Å². The molecule has 0 radical (unpaired) electrons. The van der Waals surface area contributed by atoms with E-state index in [0.29, 0.717) is 18.7 Å². The Hall–Kier alpha value is -2.36. The number of benzene rings is 1. The van der Waals surface area contributed by atoms with E-state index in [1.54, 1.807) is 11.1 Å². The minimum atomic E-state index is 0.103. The number of nitrogens with zero attached hydrogens (tertiary/aromatic N) is 2. The molecule has 0 aliphatic carbocycles. The average Bonchev–Trinajstić information content (AvgIpc) is 2.48. The van der Waals surface area contributed by atoms with Crippen molar-refractivity contribution in [1.29, 1.82) is 0 Å². The second kappa shape index (κ2) is 6.70. The van der Waals surface area contributed by atoms with Gasteiger partial charge in [-0.15, -0.1) is 0 Å². The molecule has 104 valence electrons. The molecule has 20 heavy (non-hydrogen) atoms. The van der Waals surface area contributed by atoms with E-state index in [0.717, 1.165) is 17.7 Å². The Morgan fingerprint density at radius 2 is 1.95 bits per heavy atom. The second-order valence-corrected chi connectivity index (χ2v) is 4.80. The van der Waals surface area contributed by atoms with Gasteiger partial charge in [0, 0.05) is 37.6 Å². The van der Waals surface area contributed by atoms with Crippen LogP contribution in [0, 0.1) is 0 Å². The fraction of sp³-hybridized carbons (Fsp3) is 0.250. The van der Waals surface area contributed by atoms with Crippen LogP contribution >= 0.6 is 0 Å². The number of carbonyl (C=O) groups is 1. The lowest BCUT2D eigenvalue weighted by Crippen LogP contribution is -2.30. The highest BCUT2D eigenvalue weighted by atomic mass is 16.2. The summed E-state index contributed by atoms with van der Waals surface area (Å²) in [6.45, 7) is 0.671. The molecule has 2 aromatic rings. The number of aromatic nitrogens is 1. The van der Waals surface area contributed by atoms with Crippen molar-refractivity contribution in [2.24, 2.45) is 0 Å². The van der Waals surface area contributed by atoms with Crippen LogP contribution in [-0.2, 0) is 17.6 Å². The van der Waals surface area contributed by atoms with Crippen molar-refractivity contribution in [2.45, 2.75) is 12.8 Å². The Labute approximate surface area is 119 Å². The van der Waals surface area contributed by atoms with Gasteiger partial charge in [-0.2, -0.15) is 0 Å². The normalized spacial score (nSPS) is 10.2. The van der Waals surface area contributed by atoms with Crippen LogP contribution in [0.4, 0.5) is 5.69 Å². The molecule has 0 fully saturated rings. The van der Waals surface area contributed by atoms with E-state index >= 15 is 0 Å². The zero-order valence-corrected chi connectivity index (χ0v) is 11.6. The molecule has 1 aromatic carbocycles. The van der Waals surface area contributed by atoms with E-state index in [4.69, 9.17) is 5.73 Å². The lowest BCUT2D eigenvalue weighted by atomic mass is 10.1. The van der Waals surface area contributed by atoms with Crippen molar-refractivity contribution in [3.05, 3.63) is 59.9 Å². The highest BCUT2D eigenvalue weighted by Gasteiger charge is 2.09. The summed E-state index contributed by atoms with van der Waals surface area (Å²) in [6, 6.07) is 13.2. The highest BCUT2D eigenvalue weighted by Crippen LogP contribution is 2.07. The van der Waals surface area contributed by atoms with Gasteiger partial charge in [0.05, 0.1) is 6.42 Å². The minimum Gasteiger partial charge on any atom is -0.399 e. The number of nitrogen functional groups attached to an aromatic ring is 1. The van der Waals surface area contributed by atoms with Crippen LogP contribution in [0.1, 0.15) is 11.3 Å². The third-order valence-corrected chi connectivity index (χ3v) is 3.19. The van der Waals surface area contributed by atoms with E-state index in [2.05, 4.69) is 4.98 Å². The third kappa shape index (κ3) is 4.09. The van der Waals surface area contributed by atoms with Gasteiger partial charge in [-0.05, 0) is 29.8 Å². The first-order valence-corrected chi connectivity index (χ1v) is 6.63. The first-order chi connectivity index (χ1) is 9.65. The number of rotatable bonds is 5. The summed E-state index contributed by atoms with van der Waals surface area (Å²) < 4.78 is 0. The molecule has 0 aliphatic heterocycles. The average molecular weight is 269 g/mol. The number of anilines is 1. The van der Waals surface area contributed by atoms with Crippen molar-refractivity contribution < 1.29 is 4.79 Å². The van der Waals surface area contributed by atoms with E-state index in [9.17, 15) is 4.79 Å². The number of likely N-dealkylation sites (N-methyl/N-ethyl adjacent to an activating group) is 1. The molecule has 0 saturated carbocycles. The van der Waals surface area contributed by atoms with Gasteiger partial charge < -0.3 is 10.6 Å². The van der Waals surface area contributed by atoms with Crippen LogP contribution in [0.2, 0.25) is 0 Å². The fourth-order valence-corrected chi connectivity index (χ4v) is 1.90. The minimum absolute atomic E-state index is 0.103. The zero-order chi connectivity index (χ0) is 14.4. The molecule has 1 aromatic heterocycles. The molecule has 0 unspecified atom stereocenters. The number of hydrogen-bond donors (Lipinski definition) is 1. The van der Waals surface area contributed by atoms with Crippen LogP contribution < -0.4 is 5.73 Å². The molecule has 0 saturated heterocycles. The molecule has 4 heteroatoms. The van der Waals surface area contributed by atoms with Gasteiger partial charge in [-0.25, -0.2) is 0 Å². The summed E-state index contributed by atoms with van der Waals surface area (Å²) in [5.41, 5.74) is 8.32. The maximum Gasteiger partial charge on any atom is 0.226 e. The fourth-order valence-electron chi connectivity index (χ4n) is 1.90. The quantitative estimate of drug-likeness (QED) is 0.843. The maximum atomic E-state index is 12.1. The Bertz CT molecular complexity index is 552. The molecule has 2 rings (SSSR count). The highest BCUT2D eigenvalue weighted by molar-refractivity contribution is 5.78. The second-order valence-electron chi connectivity index (χ2n) is 4.80. The van der Waals surface area contributed by atoms with Gasteiger partial charge in [0.2, 0.25) is 5.91 Å². The summed E-state index contributed by atoms with van der Waals surface area (Å²) in [5, 5.41) is 0. The SMILES string of the molecule is CN(CCc1ccccn1)C(=O)Cc1ccc(N)cc1. The predicted octanol–water partition coefficient (Wildman–Crippen LogP) is 1.91. The van der Waals surface area contributed by atoms with Crippen molar-refractivity contribution in [3.63, 3.8) is 0 Å². The number of carbonyl (C=O) groups excluding carboxylic acids is 1. The molecule has 0 aliphatic rings. The molecule has 1 amide bonds. The summed E-state index contributed by atoms with van der Waals surface area (Å²) >= 11 is 0. The standard InChI is InChI=1S/C16H19N3O/c1-19(11-9-15-4-2-3-10-18-15)16(20)12-13-5-7-14(17)8-6-13/h2-8,10H,9,11-12,17H2,1H3. The molecular formula is C16H19N3O. The van der Waals surface area contributed by atoms with Crippen LogP contribution in [0.3, 0.4) is 0 Å². The van der Waals surface area contributed by atoms with Gasteiger partial charge in [-0.1, -0.05) is 18.2 Å².